The Kier molecular flexibility index (Phi) is 29.8. The van der Waals surface area contributed by atoms with E-state index in [-0.39, 0.29) is 0 Å². The fourth-order valence-electron chi connectivity index (χ4n) is 9.08. The standard InChI is InChI=1S/C62H91N6O6S2/c1-64(43-35-63-34-18-8-9-22-39-67-41-24-16-28-55(67)32-30-53-48-57(69-2)61(73-6)58(49-53)70-3)36-19-12-14-26-46-75-76-47-27-15-13-21-38-66-45-44-65(52-66)37-20-10-11-23-40-68-42-25-17-29-56(68)33-31-54-50-59(71-4)62(74-7)60(51-54)72-5/h16-17,24-25,28-33,35,41-45,48-52,63H,8-15,18-23,26-27,34,36-40,46-47H2,1-7H3/q+3/b32-30+,33-31+,43-35-. The Bertz CT molecular complexity index is 2430. The van der Waals surface area contributed by atoms with Crippen LogP contribution in [0.4, 0.5) is 0 Å². The fourth-order valence-corrected chi connectivity index (χ4v) is 11.4. The molecule has 3 heterocycles. The van der Waals surface area contributed by atoms with Crippen LogP contribution in [0.2, 0.25) is 0 Å². The molecule has 0 unspecified atom stereocenters. The third kappa shape index (κ3) is 22.5. The number of ether oxygens (including phenoxy) is 6. The lowest BCUT2D eigenvalue weighted by Crippen LogP contribution is -2.36. The fraction of sp³-hybridized carbons (Fsp3) is 0.500. The van der Waals surface area contributed by atoms with Gasteiger partial charge in [0, 0.05) is 93.3 Å². The Morgan fingerprint density at radius 2 is 0.987 bits per heavy atom. The van der Waals surface area contributed by atoms with Gasteiger partial charge < -0.3 is 38.6 Å². The molecule has 0 aliphatic heterocycles. The van der Waals surface area contributed by atoms with E-state index in [1.165, 1.54) is 107 Å². The summed E-state index contributed by atoms with van der Waals surface area (Å²) in [7, 11) is 16.2. The quantitative estimate of drug-likeness (QED) is 0.0232. The Labute approximate surface area is 464 Å². The second kappa shape index (κ2) is 37.1. The number of rotatable bonds is 41. The molecule has 0 saturated carbocycles. The lowest BCUT2D eigenvalue weighted by Gasteiger charge is -2.13. The number of nitrogens with one attached hydrogen (secondary N) is 1. The van der Waals surface area contributed by atoms with Crippen LogP contribution in [0, 0.1) is 0 Å². The van der Waals surface area contributed by atoms with Crippen LogP contribution in [0.15, 0.2) is 104 Å². The molecule has 0 saturated heterocycles. The Hall–Kier alpha value is -5.73. The molecule has 12 nitrogen and oxygen atoms in total. The summed E-state index contributed by atoms with van der Waals surface area (Å²) in [5.41, 5.74) is 4.32. The molecule has 1 N–H and O–H groups in total. The lowest BCUT2D eigenvalue weighted by molar-refractivity contribution is -0.699. The van der Waals surface area contributed by atoms with Crippen molar-refractivity contribution in [3.05, 3.63) is 127 Å². The van der Waals surface area contributed by atoms with E-state index in [1.807, 2.05) is 24.3 Å². The average Bonchev–Trinajstić information content (AvgIpc) is 3.91. The first-order chi connectivity index (χ1) is 37.4. The third-order valence-electron chi connectivity index (χ3n) is 13.4. The van der Waals surface area contributed by atoms with Crippen molar-refractivity contribution in [3.63, 3.8) is 0 Å². The molecule has 5 rings (SSSR count). The molecule has 2 aromatic carbocycles. The molecular weight excluding hydrogens is 989 g/mol. The second-order valence-corrected chi connectivity index (χ2v) is 21.9. The summed E-state index contributed by atoms with van der Waals surface area (Å²) < 4.78 is 42.5. The number of aromatic nitrogens is 4. The van der Waals surface area contributed by atoms with Crippen LogP contribution in [0.5, 0.6) is 34.5 Å². The van der Waals surface area contributed by atoms with Crippen molar-refractivity contribution in [1.82, 2.24) is 14.8 Å². The minimum absolute atomic E-state index is 0.601. The predicted octanol–water partition coefficient (Wildman–Crippen LogP) is 12.8. The number of unbranched alkanes of at least 4 members (excludes halogenated alkanes) is 12. The van der Waals surface area contributed by atoms with Gasteiger partial charge in [-0.2, -0.15) is 9.13 Å². The van der Waals surface area contributed by atoms with Crippen LogP contribution >= 0.6 is 21.6 Å². The number of hydrogen-bond acceptors (Lipinski definition) is 10. The molecule has 414 valence electrons. The molecule has 0 bridgehead atoms. The van der Waals surface area contributed by atoms with Crippen LogP contribution in [0.1, 0.15) is 125 Å². The summed E-state index contributed by atoms with van der Waals surface area (Å²) in [6.07, 6.45) is 43.9. The van der Waals surface area contributed by atoms with Gasteiger partial charge >= 0.3 is 0 Å². The molecule has 0 atom stereocenters. The predicted molar refractivity (Wildman–Crippen MR) is 317 cm³/mol. The molecule has 3 aromatic heterocycles. The number of pyridine rings is 2. The van der Waals surface area contributed by atoms with Crippen molar-refractivity contribution in [3.8, 4) is 34.5 Å². The second-order valence-electron chi connectivity index (χ2n) is 19.2. The summed E-state index contributed by atoms with van der Waals surface area (Å²) >= 11 is 0. The highest BCUT2D eigenvalue weighted by Gasteiger charge is 2.15. The zero-order valence-corrected chi connectivity index (χ0v) is 48.7. The smallest absolute Gasteiger partial charge is 0.243 e. The van der Waals surface area contributed by atoms with Crippen LogP contribution < -0.4 is 47.4 Å². The van der Waals surface area contributed by atoms with Gasteiger partial charge in [-0.15, -0.1) is 0 Å². The van der Waals surface area contributed by atoms with Gasteiger partial charge in [-0.1, -0.05) is 47.3 Å². The van der Waals surface area contributed by atoms with Gasteiger partial charge in [-0.05, 0) is 124 Å². The van der Waals surface area contributed by atoms with Crippen LogP contribution in [-0.4, -0.2) is 83.8 Å². The first kappa shape index (κ1) is 61.1. The molecule has 0 spiro atoms. The molecule has 0 amide bonds. The average molecular weight is 1080 g/mol. The van der Waals surface area contributed by atoms with E-state index in [0.29, 0.717) is 34.5 Å². The molecule has 5 aromatic rings. The van der Waals surface area contributed by atoms with Gasteiger partial charge in [0.25, 0.3) is 0 Å². The first-order valence-electron chi connectivity index (χ1n) is 27.7. The lowest BCUT2D eigenvalue weighted by atomic mass is 10.1. The van der Waals surface area contributed by atoms with Crippen molar-refractivity contribution in [1.29, 1.82) is 0 Å². The van der Waals surface area contributed by atoms with E-state index in [4.69, 9.17) is 28.4 Å². The molecular formula is C62H91N6O6S2+3. The number of aryl methyl sites for hydroxylation is 4. The minimum Gasteiger partial charge on any atom is -0.493 e. The van der Waals surface area contributed by atoms with E-state index in [0.717, 1.165) is 68.9 Å². The van der Waals surface area contributed by atoms with Gasteiger partial charge in [-0.25, -0.2) is 9.13 Å². The molecule has 14 heteroatoms. The van der Waals surface area contributed by atoms with Gasteiger partial charge in [0.15, 0.2) is 35.4 Å². The maximum atomic E-state index is 5.54. The topological polar surface area (TPSA) is 87.2 Å². The van der Waals surface area contributed by atoms with E-state index >= 15 is 0 Å². The number of benzene rings is 2. The van der Waals surface area contributed by atoms with Crippen molar-refractivity contribution >= 4 is 45.9 Å². The molecule has 0 radical (unpaired) electrons. The van der Waals surface area contributed by atoms with E-state index in [2.05, 4.69) is 161 Å². The van der Waals surface area contributed by atoms with Crippen molar-refractivity contribution in [2.45, 2.75) is 129 Å². The maximum absolute atomic E-state index is 5.54. The Balaban J connectivity index is 0.786. The normalized spacial score (nSPS) is 11.5. The van der Waals surface area contributed by atoms with Crippen molar-refractivity contribution in [2.24, 2.45) is 0 Å². The zero-order valence-electron chi connectivity index (χ0n) is 47.1. The van der Waals surface area contributed by atoms with Gasteiger partial charge in [0.2, 0.25) is 29.2 Å². The van der Waals surface area contributed by atoms with Crippen LogP contribution in [0.3, 0.4) is 0 Å². The third-order valence-corrected chi connectivity index (χ3v) is 16.0. The van der Waals surface area contributed by atoms with Gasteiger partial charge in [0.05, 0.1) is 55.7 Å². The molecule has 0 aliphatic rings. The Morgan fingerprint density at radius 3 is 1.50 bits per heavy atom. The van der Waals surface area contributed by atoms with Gasteiger partial charge in [0.1, 0.15) is 25.5 Å². The summed E-state index contributed by atoms with van der Waals surface area (Å²) in [6.45, 7) is 6.31. The van der Waals surface area contributed by atoms with Crippen LogP contribution in [-0.2, 0) is 26.2 Å². The summed E-state index contributed by atoms with van der Waals surface area (Å²) in [5, 5.41) is 3.49. The highest BCUT2D eigenvalue weighted by atomic mass is 33.1. The summed E-state index contributed by atoms with van der Waals surface area (Å²) in [5.74, 6) is 6.35. The van der Waals surface area contributed by atoms with Crippen molar-refractivity contribution < 1.29 is 42.1 Å². The number of imidazole rings is 1. The highest BCUT2D eigenvalue weighted by molar-refractivity contribution is 8.76. The Morgan fingerprint density at radius 1 is 0.513 bits per heavy atom. The maximum Gasteiger partial charge on any atom is 0.243 e. The van der Waals surface area contributed by atoms with E-state index < -0.39 is 0 Å². The highest BCUT2D eigenvalue weighted by Crippen LogP contribution is 2.40. The number of nitrogens with zero attached hydrogens (tertiary/aromatic N) is 5. The zero-order chi connectivity index (χ0) is 53.8. The monoisotopic (exact) mass is 1080 g/mol. The molecule has 76 heavy (non-hydrogen) atoms. The first-order valence-corrected chi connectivity index (χ1v) is 30.2. The molecule has 0 aliphatic carbocycles. The SMILES string of the molecule is COc1cc(/C=C/c2cccc[n+]2CCCCCCN/C=C\N(C)CCCCCCSSCCCCCCn2cc[n+](CCCCCC[n+]3ccccc3/C=C/c3cc(OC)c(OC)c(OC)c3)c2)cc(OC)c1OC. The summed E-state index contributed by atoms with van der Waals surface area (Å²) in [4.78, 5) is 2.31. The van der Waals surface area contributed by atoms with Gasteiger partial charge in [-0.3, -0.25) is 0 Å². The number of hydrogen-bond donors (Lipinski definition) is 1. The van der Waals surface area contributed by atoms with Crippen LogP contribution in [0.25, 0.3) is 24.3 Å². The van der Waals surface area contributed by atoms with E-state index in [9.17, 15) is 0 Å². The van der Waals surface area contributed by atoms with Crippen molar-refractivity contribution in [2.75, 3.05) is 74.3 Å². The molecule has 0 fully saturated rings. The largest absolute Gasteiger partial charge is 0.493 e. The minimum atomic E-state index is 0.601. The van der Waals surface area contributed by atoms with E-state index in [1.54, 1.807) is 42.7 Å². The number of methoxy groups -OCH3 is 6. The summed E-state index contributed by atoms with van der Waals surface area (Å²) in [6, 6.07) is 20.6.